The number of aromatic amines is 1. The fourth-order valence-electron chi connectivity index (χ4n) is 5.03. The van der Waals surface area contributed by atoms with Crippen molar-refractivity contribution in [3.05, 3.63) is 48.5 Å². The van der Waals surface area contributed by atoms with Crippen molar-refractivity contribution >= 4 is 17.0 Å². The quantitative estimate of drug-likeness (QED) is 0.298. The molecule has 5 rings (SSSR count). The number of imidazole rings is 1. The summed E-state index contributed by atoms with van der Waals surface area (Å²) in [6.45, 7) is 3.45. The Morgan fingerprint density at radius 2 is 1.81 bits per heavy atom. The van der Waals surface area contributed by atoms with Crippen LogP contribution in [-0.2, 0) is 4.79 Å². The average Bonchev–Trinajstić information content (AvgIpc) is 3.66. The Balaban J connectivity index is 1.40. The van der Waals surface area contributed by atoms with E-state index >= 15 is 0 Å². The number of H-pyrrole nitrogens is 1. The van der Waals surface area contributed by atoms with E-state index in [0.717, 1.165) is 19.4 Å². The molecule has 10 heteroatoms. The molecule has 10 nitrogen and oxygen atoms in total. The van der Waals surface area contributed by atoms with Gasteiger partial charge in [0.15, 0.2) is 5.82 Å². The molecule has 2 aromatic carbocycles. The molecule has 3 heterocycles. The summed E-state index contributed by atoms with van der Waals surface area (Å²) in [5.74, 6) is 0.490. The van der Waals surface area contributed by atoms with Crippen LogP contribution >= 0.6 is 0 Å². The van der Waals surface area contributed by atoms with Crippen LogP contribution in [0.5, 0.6) is 0 Å². The number of hydrogen-bond acceptors (Lipinski definition) is 8. The minimum Gasteiger partial charge on any atom is -0.392 e. The van der Waals surface area contributed by atoms with E-state index < -0.39 is 18.1 Å². The van der Waals surface area contributed by atoms with Crippen LogP contribution in [-0.4, -0.2) is 71.5 Å². The summed E-state index contributed by atoms with van der Waals surface area (Å²) in [6, 6.07) is 14.6. The molecule has 0 amide bonds. The van der Waals surface area contributed by atoms with Gasteiger partial charge in [-0.3, -0.25) is 4.90 Å². The number of carbonyl (C=O) groups excluding carboxylic acids is 1. The number of tetrazole rings is 1. The van der Waals surface area contributed by atoms with Crippen LogP contribution in [0.2, 0.25) is 0 Å². The largest absolute Gasteiger partial charge is 0.392 e. The van der Waals surface area contributed by atoms with E-state index in [0.29, 0.717) is 46.8 Å². The van der Waals surface area contributed by atoms with E-state index in [-0.39, 0.29) is 0 Å². The number of nitrogens with one attached hydrogen (secondary N) is 1. The molecule has 37 heavy (non-hydrogen) atoms. The lowest BCUT2D eigenvalue weighted by Gasteiger charge is -2.23. The molecular weight excluding hydrogens is 470 g/mol. The SMILES string of the molecule is CCCCCCCCN1C[C@H](O)C[C@H]1C(=O)On1c(-c2ccccc2-c2nn[nH]n2)nc2ccccc21. The van der Waals surface area contributed by atoms with Gasteiger partial charge in [-0.1, -0.05) is 75.4 Å². The van der Waals surface area contributed by atoms with Crippen LogP contribution < -0.4 is 4.84 Å². The highest BCUT2D eigenvalue weighted by atomic mass is 16.7. The van der Waals surface area contributed by atoms with Gasteiger partial charge in [-0.05, 0) is 30.3 Å². The fraction of sp³-hybridized carbons (Fsp3) is 0.444. The van der Waals surface area contributed by atoms with Gasteiger partial charge in [-0.15, -0.1) is 10.2 Å². The van der Waals surface area contributed by atoms with Crippen LogP contribution in [0.25, 0.3) is 33.8 Å². The normalized spacial score (nSPS) is 18.0. The van der Waals surface area contributed by atoms with Gasteiger partial charge in [0.2, 0.25) is 5.82 Å². The van der Waals surface area contributed by atoms with Crippen LogP contribution in [0.3, 0.4) is 0 Å². The molecule has 0 spiro atoms. The smallest absolute Gasteiger partial charge is 0.350 e. The second-order valence-corrected chi connectivity index (χ2v) is 9.58. The predicted octanol–water partition coefficient (Wildman–Crippen LogP) is 3.63. The molecule has 1 aliphatic heterocycles. The summed E-state index contributed by atoms with van der Waals surface area (Å²) in [6.07, 6.45) is 6.85. The molecular formula is C27H33N7O3. The molecule has 2 atom stereocenters. The number of rotatable bonds is 11. The molecule has 0 bridgehead atoms. The third-order valence-electron chi connectivity index (χ3n) is 6.91. The van der Waals surface area contributed by atoms with Crippen LogP contribution in [0, 0.1) is 0 Å². The Bertz CT molecular complexity index is 1320. The Labute approximate surface area is 215 Å². The molecule has 194 valence electrons. The van der Waals surface area contributed by atoms with E-state index in [1.165, 1.54) is 30.4 Å². The van der Waals surface area contributed by atoms with E-state index in [1.807, 2.05) is 48.5 Å². The first-order chi connectivity index (χ1) is 18.2. The maximum atomic E-state index is 13.5. The summed E-state index contributed by atoms with van der Waals surface area (Å²) in [5.41, 5.74) is 2.80. The third-order valence-corrected chi connectivity index (χ3v) is 6.91. The van der Waals surface area contributed by atoms with E-state index in [1.54, 1.807) is 0 Å². The topological polar surface area (TPSA) is 122 Å². The second kappa shape index (κ2) is 11.6. The van der Waals surface area contributed by atoms with E-state index in [2.05, 4.69) is 32.4 Å². The van der Waals surface area contributed by atoms with E-state index in [9.17, 15) is 9.90 Å². The zero-order valence-corrected chi connectivity index (χ0v) is 21.1. The number of β-amino-alcohol motifs (C(OH)–C–C–N with tert-alkyl or cyclic N) is 1. The molecule has 2 aromatic heterocycles. The van der Waals surface area contributed by atoms with Crippen molar-refractivity contribution < 1.29 is 14.7 Å². The number of para-hydroxylation sites is 2. The number of likely N-dealkylation sites (tertiary alicyclic amines) is 1. The van der Waals surface area contributed by atoms with Crippen molar-refractivity contribution in [3.8, 4) is 22.8 Å². The molecule has 0 saturated carbocycles. The Kier molecular flexibility index (Phi) is 7.86. The van der Waals surface area contributed by atoms with Crippen LogP contribution in [0.1, 0.15) is 51.9 Å². The minimum atomic E-state index is -0.546. The maximum absolute atomic E-state index is 13.5. The standard InChI is InChI=1S/C27H33N7O3/c1-2-3-4-5-6-11-16-33-18-19(35)17-24(33)27(36)37-34-23-15-10-9-14-22(23)28-26(34)21-13-8-7-12-20(21)25-29-31-32-30-25/h7-10,12-15,19,24,35H,2-6,11,16-18H2,1H3,(H,29,30,31,32)/t19-,24+/m1/s1. The van der Waals surface area contributed by atoms with Crippen molar-refractivity contribution in [1.82, 2.24) is 35.2 Å². The molecule has 1 fully saturated rings. The molecule has 1 aliphatic rings. The lowest BCUT2D eigenvalue weighted by atomic mass is 10.1. The summed E-state index contributed by atoms with van der Waals surface area (Å²) in [4.78, 5) is 26.4. The first-order valence-corrected chi connectivity index (χ1v) is 13.1. The van der Waals surface area contributed by atoms with Gasteiger partial charge in [-0.25, -0.2) is 9.78 Å². The first-order valence-electron chi connectivity index (χ1n) is 13.1. The summed E-state index contributed by atoms with van der Waals surface area (Å²) < 4.78 is 1.49. The van der Waals surface area contributed by atoms with Crippen molar-refractivity contribution in [2.75, 3.05) is 13.1 Å². The molecule has 4 aromatic rings. The Hall–Kier alpha value is -3.63. The van der Waals surface area contributed by atoms with Crippen molar-refractivity contribution in [2.45, 2.75) is 64.0 Å². The van der Waals surface area contributed by atoms with Gasteiger partial charge in [0.25, 0.3) is 0 Å². The second-order valence-electron chi connectivity index (χ2n) is 9.58. The van der Waals surface area contributed by atoms with E-state index in [4.69, 9.17) is 9.82 Å². The number of hydrogen-bond donors (Lipinski definition) is 2. The predicted molar refractivity (Wildman–Crippen MR) is 139 cm³/mol. The van der Waals surface area contributed by atoms with Gasteiger partial charge < -0.3 is 9.94 Å². The first kappa shape index (κ1) is 25.0. The lowest BCUT2D eigenvalue weighted by molar-refractivity contribution is -0.148. The number of carbonyl (C=O) groups is 1. The van der Waals surface area contributed by atoms with Gasteiger partial charge in [-0.2, -0.15) is 9.94 Å². The highest BCUT2D eigenvalue weighted by Gasteiger charge is 2.37. The fourth-order valence-corrected chi connectivity index (χ4v) is 5.03. The highest BCUT2D eigenvalue weighted by Crippen LogP contribution is 2.31. The van der Waals surface area contributed by atoms with Crippen LogP contribution in [0.15, 0.2) is 48.5 Å². The number of unbranched alkanes of at least 4 members (excludes halogenated alkanes) is 5. The number of aliphatic hydroxyl groups excluding tert-OH is 1. The number of nitrogens with zero attached hydrogens (tertiary/aromatic N) is 6. The van der Waals surface area contributed by atoms with Gasteiger partial charge in [0, 0.05) is 24.1 Å². The molecule has 2 N–H and O–H groups in total. The summed E-state index contributed by atoms with van der Waals surface area (Å²) >= 11 is 0. The average molecular weight is 504 g/mol. The zero-order chi connectivity index (χ0) is 25.6. The molecule has 0 unspecified atom stereocenters. The van der Waals surface area contributed by atoms with Crippen LogP contribution in [0.4, 0.5) is 0 Å². The van der Waals surface area contributed by atoms with Crippen molar-refractivity contribution in [3.63, 3.8) is 0 Å². The number of fused-ring (bicyclic) bond motifs is 1. The molecule has 1 saturated heterocycles. The summed E-state index contributed by atoms with van der Waals surface area (Å²) in [5, 5.41) is 24.8. The number of aliphatic hydroxyl groups is 1. The minimum absolute atomic E-state index is 0.357. The van der Waals surface area contributed by atoms with Gasteiger partial charge in [0.05, 0.1) is 11.6 Å². The molecule has 0 radical (unpaired) electrons. The van der Waals surface area contributed by atoms with Crippen molar-refractivity contribution in [1.29, 1.82) is 0 Å². The summed E-state index contributed by atoms with van der Waals surface area (Å²) in [7, 11) is 0. The highest BCUT2D eigenvalue weighted by molar-refractivity contribution is 5.86. The van der Waals surface area contributed by atoms with Gasteiger partial charge in [0.1, 0.15) is 11.6 Å². The number of benzene rings is 2. The Morgan fingerprint density at radius 3 is 2.62 bits per heavy atom. The zero-order valence-electron chi connectivity index (χ0n) is 21.1. The Morgan fingerprint density at radius 1 is 1.05 bits per heavy atom. The maximum Gasteiger partial charge on any atom is 0.350 e. The molecule has 0 aliphatic carbocycles. The lowest BCUT2D eigenvalue weighted by Crippen LogP contribution is -2.41. The third kappa shape index (κ3) is 5.55. The monoisotopic (exact) mass is 503 g/mol. The van der Waals surface area contributed by atoms with Crippen molar-refractivity contribution in [2.24, 2.45) is 0 Å². The van der Waals surface area contributed by atoms with Gasteiger partial charge >= 0.3 is 5.97 Å². The number of aromatic nitrogens is 6.